The molecule has 3 heterocycles. The van der Waals surface area contributed by atoms with Crippen molar-refractivity contribution in [2.45, 2.75) is 25.9 Å². The molecule has 0 unspecified atom stereocenters. The number of Topliss-reactive ketones (excluding diaryl/α,β-unsaturated/α-hetero) is 1. The highest BCUT2D eigenvalue weighted by atomic mass is 35.5. The van der Waals surface area contributed by atoms with Crippen LogP contribution in [0.25, 0.3) is 0 Å². The molecule has 2 atom stereocenters. The number of aromatic carboxylic acids is 1. The Morgan fingerprint density at radius 1 is 1.46 bits per heavy atom. The van der Waals surface area contributed by atoms with Gasteiger partial charge in [-0.15, -0.1) is 11.3 Å². The molecule has 2 N–H and O–H groups in total. The quantitative estimate of drug-likeness (QED) is 0.708. The second-order valence-corrected chi connectivity index (χ2v) is 7.80. The first kappa shape index (κ1) is 19.1. The third-order valence-corrected chi connectivity index (χ3v) is 6.29. The molecule has 2 aromatic heterocycles. The zero-order valence-electron chi connectivity index (χ0n) is 13.8. The Bertz CT molecular complexity index is 854. The van der Waals surface area contributed by atoms with E-state index >= 15 is 0 Å². The summed E-state index contributed by atoms with van der Waals surface area (Å²) in [6.07, 6.45) is -0.737. The molecule has 10 heteroatoms. The molecule has 0 saturated carbocycles. The second kappa shape index (κ2) is 7.54. The van der Waals surface area contributed by atoms with E-state index in [1.165, 1.54) is 16.7 Å². The summed E-state index contributed by atoms with van der Waals surface area (Å²) in [5, 5.41) is 11.3. The van der Waals surface area contributed by atoms with E-state index in [-0.39, 0.29) is 35.2 Å². The SMILES string of the molecule is Cc1[nH]c(C(=O)C[C@H]2CCN(c3nc(C(=O)O)cs3)C[C@H]2F)c(Cl)c1Cl. The Labute approximate surface area is 162 Å². The molecule has 6 nitrogen and oxygen atoms in total. The number of carboxylic acid groups (broad SMARTS) is 1. The number of thiazole rings is 1. The minimum Gasteiger partial charge on any atom is -0.476 e. The second-order valence-electron chi connectivity index (χ2n) is 6.21. The zero-order chi connectivity index (χ0) is 19.0. The fourth-order valence-corrected chi connectivity index (χ4v) is 4.24. The minimum absolute atomic E-state index is 0.0310. The van der Waals surface area contributed by atoms with E-state index in [2.05, 4.69) is 9.97 Å². The largest absolute Gasteiger partial charge is 0.476 e. The van der Waals surface area contributed by atoms with Crippen LogP contribution in [0.5, 0.6) is 0 Å². The molecule has 1 fully saturated rings. The number of carbonyl (C=O) groups is 2. The van der Waals surface area contributed by atoms with Gasteiger partial charge in [-0.2, -0.15) is 0 Å². The monoisotopic (exact) mass is 419 g/mol. The third-order valence-electron chi connectivity index (χ3n) is 4.44. The molecule has 1 saturated heterocycles. The minimum atomic E-state index is -1.23. The maximum atomic E-state index is 14.6. The number of halogens is 3. The maximum absolute atomic E-state index is 14.6. The molecule has 0 aliphatic carbocycles. The van der Waals surface area contributed by atoms with E-state index in [0.717, 1.165) is 0 Å². The fraction of sp³-hybridized carbons (Fsp3) is 0.438. The van der Waals surface area contributed by atoms with E-state index < -0.39 is 18.1 Å². The van der Waals surface area contributed by atoms with Gasteiger partial charge in [-0.05, 0) is 13.3 Å². The highest BCUT2D eigenvalue weighted by Crippen LogP contribution is 2.33. The normalized spacial score (nSPS) is 20.4. The summed E-state index contributed by atoms with van der Waals surface area (Å²) in [6, 6.07) is 0. The topological polar surface area (TPSA) is 86.3 Å². The number of anilines is 1. The predicted octanol–water partition coefficient (Wildman–Crippen LogP) is 4.22. The van der Waals surface area contributed by atoms with Gasteiger partial charge in [0.25, 0.3) is 0 Å². The third kappa shape index (κ3) is 3.72. The first-order valence-electron chi connectivity index (χ1n) is 7.92. The van der Waals surface area contributed by atoms with Crippen LogP contribution in [0, 0.1) is 12.8 Å². The zero-order valence-corrected chi connectivity index (χ0v) is 16.1. The van der Waals surface area contributed by atoms with Crippen LogP contribution < -0.4 is 4.90 Å². The molecule has 0 spiro atoms. The first-order valence-corrected chi connectivity index (χ1v) is 9.56. The molecule has 140 valence electrons. The Morgan fingerprint density at radius 3 is 2.73 bits per heavy atom. The molecule has 1 aliphatic heterocycles. The average molecular weight is 420 g/mol. The van der Waals surface area contributed by atoms with Crippen LogP contribution in [0.2, 0.25) is 10.0 Å². The molecule has 0 radical (unpaired) electrons. The van der Waals surface area contributed by atoms with Crippen molar-refractivity contribution in [3.63, 3.8) is 0 Å². The van der Waals surface area contributed by atoms with E-state index in [4.69, 9.17) is 28.3 Å². The van der Waals surface area contributed by atoms with Gasteiger partial charge in [0, 0.05) is 30.0 Å². The Morgan fingerprint density at radius 2 is 2.19 bits per heavy atom. The van der Waals surface area contributed by atoms with Gasteiger partial charge in [0.1, 0.15) is 11.9 Å². The number of piperidine rings is 1. The van der Waals surface area contributed by atoms with Crippen molar-refractivity contribution in [2.75, 3.05) is 18.0 Å². The summed E-state index contributed by atoms with van der Waals surface area (Å²) in [4.78, 5) is 31.9. The molecule has 3 rings (SSSR count). The van der Waals surface area contributed by atoms with Crippen molar-refractivity contribution in [3.05, 3.63) is 32.5 Å². The van der Waals surface area contributed by atoms with E-state index in [9.17, 15) is 14.0 Å². The van der Waals surface area contributed by atoms with Gasteiger partial charge < -0.3 is 15.0 Å². The van der Waals surface area contributed by atoms with Gasteiger partial charge in [-0.25, -0.2) is 14.2 Å². The predicted molar refractivity (Wildman–Crippen MR) is 98.8 cm³/mol. The fourth-order valence-electron chi connectivity index (χ4n) is 2.97. The lowest BCUT2D eigenvalue weighted by Gasteiger charge is -2.34. The van der Waals surface area contributed by atoms with Crippen molar-refractivity contribution >= 4 is 51.4 Å². The number of aromatic nitrogens is 2. The van der Waals surface area contributed by atoms with Gasteiger partial charge in [0.2, 0.25) is 0 Å². The number of nitrogens with zero attached hydrogens (tertiary/aromatic N) is 2. The van der Waals surface area contributed by atoms with Gasteiger partial charge in [0.15, 0.2) is 16.6 Å². The molecule has 0 bridgehead atoms. The van der Waals surface area contributed by atoms with Gasteiger partial charge in [-0.1, -0.05) is 23.2 Å². The summed E-state index contributed by atoms with van der Waals surface area (Å²) in [5.74, 6) is -1.81. The van der Waals surface area contributed by atoms with Crippen LogP contribution in [-0.2, 0) is 0 Å². The van der Waals surface area contributed by atoms with Crippen LogP contribution in [-0.4, -0.2) is 46.1 Å². The number of nitrogens with one attached hydrogen (secondary N) is 1. The molecule has 0 aromatic carbocycles. The molecule has 0 amide bonds. The number of aromatic amines is 1. The molecular weight excluding hydrogens is 404 g/mol. The number of carbonyl (C=O) groups excluding carboxylic acids is 1. The Balaban J connectivity index is 1.64. The summed E-state index contributed by atoms with van der Waals surface area (Å²) in [5.41, 5.74) is 0.769. The van der Waals surface area contributed by atoms with Crippen LogP contribution in [0.15, 0.2) is 5.38 Å². The number of carboxylic acids is 1. The van der Waals surface area contributed by atoms with Crippen LogP contribution in [0.4, 0.5) is 9.52 Å². The Kier molecular flexibility index (Phi) is 5.55. The lowest BCUT2D eigenvalue weighted by molar-refractivity contribution is 0.0691. The van der Waals surface area contributed by atoms with E-state index in [1.54, 1.807) is 11.8 Å². The Hall–Kier alpha value is -1.64. The van der Waals surface area contributed by atoms with E-state index in [0.29, 0.717) is 28.8 Å². The van der Waals surface area contributed by atoms with Crippen LogP contribution in [0.3, 0.4) is 0 Å². The average Bonchev–Trinajstić information content (AvgIpc) is 3.18. The summed E-state index contributed by atoms with van der Waals surface area (Å²) in [7, 11) is 0. The molecule has 1 aliphatic rings. The summed E-state index contributed by atoms with van der Waals surface area (Å²) >= 11 is 13.2. The number of H-pyrrole nitrogens is 1. The molecule has 26 heavy (non-hydrogen) atoms. The number of aryl methyl sites for hydroxylation is 1. The molecule has 2 aromatic rings. The van der Waals surface area contributed by atoms with Crippen molar-refractivity contribution < 1.29 is 19.1 Å². The molecular formula is C16H16Cl2FN3O3S. The van der Waals surface area contributed by atoms with Crippen molar-refractivity contribution in [1.29, 1.82) is 0 Å². The van der Waals surface area contributed by atoms with Crippen molar-refractivity contribution in [1.82, 2.24) is 9.97 Å². The van der Waals surface area contributed by atoms with Crippen molar-refractivity contribution in [3.8, 4) is 0 Å². The van der Waals surface area contributed by atoms with Gasteiger partial charge in [0.05, 0.1) is 16.6 Å². The van der Waals surface area contributed by atoms with Gasteiger partial charge >= 0.3 is 5.97 Å². The summed E-state index contributed by atoms with van der Waals surface area (Å²) < 4.78 is 14.6. The highest BCUT2D eigenvalue weighted by Gasteiger charge is 2.33. The summed E-state index contributed by atoms with van der Waals surface area (Å²) in [6.45, 7) is 2.28. The highest BCUT2D eigenvalue weighted by molar-refractivity contribution is 7.13. The number of hydrogen-bond donors (Lipinski definition) is 2. The standard InChI is InChI=1S/C16H16Cl2FN3O3S/c1-7-12(17)13(18)14(20-7)11(23)4-8-2-3-22(5-9(8)19)16-21-10(6-26-16)15(24)25/h6,8-9,20H,2-5H2,1H3,(H,24,25)/t8-,9-/m1/s1. The van der Waals surface area contributed by atoms with Crippen molar-refractivity contribution in [2.24, 2.45) is 5.92 Å². The van der Waals surface area contributed by atoms with E-state index in [1.807, 2.05) is 0 Å². The lowest BCUT2D eigenvalue weighted by Crippen LogP contribution is -2.42. The maximum Gasteiger partial charge on any atom is 0.355 e. The number of alkyl halides is 1. The number of rotatable bonds is 5. The van der Waals surface area contributed by atoms with Crippen LogP contribution >= 0.6 is 34.5 Å². The smallest absolute Gasteiger partial charge is 0.355 e. The lowest BCUT2D eigenvalue weighted by atomic mass is 9.89. The number of hydrogen-bond acceptors (Lipinski definition) is 5. The first-order chi connectivity index (χ1) is 12.3. The van der Waals surface area contributed by atoms with Gasteiger partial charge in [-0.3, -0.25) is 4.79 Å². The number of ketones is 1. The van der Waals surface area contributed by atoms with Crippen LogP contribution in [0.1, 0.15) is 39.5 Å².